The van der Waals surface area contributed by atoms with Crippen LogP contribution in [-0.4, -0.2) is 28.2 Å². The second-order valence-electron chi connectivity index (χ2n) is 5.43. The topological polar surface area (TPSA) is 59.0 Å². The van der Waals surface area contributed by atoms with E-state index < -0.39 is 0 Å². The zero-order chi connectivity index (χ0) is 14.8. The molecular formula is C15H28N4O. The van der Waals surface area contributed by atoms with E-state index in [-0.39, 0.29) is 12.1 Å². The van der Waals surface area contributed by atoms with Crippen molar-refractivity contribution < 1.29 is 4.79 Å². The maximum Gasteiger partial charge on any atom is 0.315 e. The first-order chi connectivity index (χ1) is 9.65. The molecule has 20 heavy (non-hydrogen) atoms. The van der Waals surface area contributed by atoms with Crippen LogP contribution in [0.2, 0.25) is 0 Å². The zero-order valence-corrected chi connectivity index (χ0v) is 12.9. The highest BCUT2D eigenvalue weighted by Crippen LogP contribution is 2.10. The third kappa shape index (κ3) is 6.59. The lowest BCUT2D eigenvalue weighted by Crippen LogP contribution is -2.43. The van der Waals surface area contributed by atoms with E-state index in [0.717, 1.165) is 19.5 Å². The van der Waals surface area contributed by atoms with Gasteiger partial charge < -0.3 is 15.2 Å². The number of hydrogen-bond donors (Lipinski definition) is 2. The second kappa shape index (κ2) is 9.39. The van der Waals surface area contributed by atoms with Crippen molar-refractivity contribution in [2.24, 2.45) is 5.92 Å². The third-order valence-corrected chi connectivity index (χ3v) is 3.52. The maximum absolute atomic E-state index is 11.8. The van der Waals surface area contributed by atoms with E-state index in [9.17, 15) is 4.79 Å². The number of urea groups is 1. The van der Waals surface area contributed by atoms with Gasteiger partial charge in [0.1, 0.15) is 0 Å². The Balaban J connectivity index is 2.21. The number of aromatic nitrogens is 2. The molecule has 0 aromatic carbocycles. The van der Waals surface area contributed by atoms with Gasteiger partial charge in [0.25, 0.3) is 0 Å². The molecule has 5 heteroatoms. The van der Waals surface area contributed by atoms with Gasteiger partial charge in [-0.1, -0.05) is 33.1 Å². The minimum absolute atomic E-state index is 0.0763. The number of nitrogens with zero attached hydrogens (tertiary/aromatic N) is 2. The summed E-state index contributed by atoms with van der Waals surface area (Å²) >= 11 is 0. The minimum Gasteiger partial charge on any atom is -0.338 e. The van der Waals surface area contributed by atoms with Crippen LogP contribution in [0.4, 0.5) is 4.79 Å². The molecule has 2 N–H and O–H groups in total. The van der Waals surface area contributed by atoms with Crippen molar-refractivity contribution in [2.45, 2.75) is 59.0 Å². The monoisotopic (exact) mass is 280 g/mol. The molecule has 0 bridgehead atoms. The Morgan fingerprint density at radius 1 is 1.40 bits per heavy atom. The molecule has 2 atom stereocenters. The number of nitrogens with one attached hydrogen (secondary N) is 2. The Morgan fingerprint density at radius 3 is 2.80 bits per heavy atom. The van der Waals surface area contributed by atoms with Crippen LogP contribution in [0.3, 0.4) is 0 Å². The van der Waals surface area contributed by atoms with Crippen molar-refractivity contribution in [3.63, 3.8) is 0 Å². The summed E-state index contributed by atoms with van der Waals surface area (Å²) in [5, 5.41) is 5.93. The van der Waals surface area contributed by atoms with Crippen molar-refractivity contribution in [1.29, 1.82) is 0 Å². The molecule has 0 aliphatic carbocycles. The number of carbonyl (C=O) groups is 1. The summed E-state index contributed by atoms with van der Waals surface area (Å²) in [7, 11) is 0. The van der Waals surface area contributed by atoms with Crippen LogP contribution in [0.5, 0.6) is 0 Å². The van der Waals surface area contributed by atoms with E-state index in [1.807, 2.05) is 17.7 Å². The molecule has 2 amide bonds. The van der Waals surface area contributed by atoms with Gasteiger partial charge >= 0.3 is 6.03 Å². The van der Waals surface area contributed by atoms with Gasteiger partial charge in [0.15, 0.2) is 0 Å². The molecule has 1 heterocycles. The fourth-order valence-corrected chi connectivity index (χ4v) is 2.21. The Kier molecular flexibility index (Phi) is 7.77. The molecule has 1 aromatic rings. The number of imidazole rings is 1. The van der Waals surface area contributed by atoms with Gasteiger partial charge in [-0.25, -0.2) is 9.78 Å². The first-order valence-electron chi connectivity index (χ1n) is 7.65. The maximum atomic E-state index is 11.8. The molecule has 0 spiro atoms. The van der Waals surface area contributed by atoms with Gasteiger partial charge in [0.2, 0.25) is 0 Å². The standard InChI is InChI=1S/C15H28N4O/c1-4-6-7-14(5-2)10-17-15(20)18-13(3)11-19-9-8-16-12-19/h8-9,12-14H,4-7,10-11H2,1-3H3,(H2,17,18,20). The molecule has 5 nitrogen and oxygen atoms in total. The molecule has 0 saturated heterocycles. The largest absolute Gasteiger partial charge is 0.338 e. The molecular weight excluding hydrogens is 252 g/mol. The average molecular weight is 280 g/mol. The number of amides is 2. The highest BCUT2D eigenvalue weighted by molar-refractivity contribution is 5.74. The summed E-state index contributed by atoms with van der Waals surface area (Å²) in [4.78, 5) is 15.8. The fourth-order valence-electron chi connectivity index (χ4n) is 2.21. The molecule has 1 rings (SSSR count). The SMILES string of the molecule is CCCCC(CC)CNC(=O)NC(C)Cn1ccnc1. The average Bonchev–Trinajstić information content (AvgIpc) is 2.91. The molecule has 0 radical (unpaired) electrons. The second-order valence-corrected chi connectivity index (χ2v) is 5.43. The molecule has 0 aliphatic rings. The molecule has 0 fully saturated rings. The Bertz CT molecular complexity index is 364. The number of rotatable bonds is 9. The van der Waals surface area contributed by atoms with E-state index in [4.69, 9.17) is 0 Å². The lowest BCUT2D eigenvalue weighted by Gasteiger charge is -2.18. The van der Waals surface area contributed by atoms with Crippen molar-refractivity contribution in [2.75, 3.05) is 6.54 Å². The first-order valence-corrected chi connectivity index (χ1v) is 7.65. The third-order valence-electron chi connectivity index (χ3n) is 3.52. The normalized spacial score (nSPS) is 13.8. The number of unbranched alkanes of at least 4 members (excludes halogenated alkanes) is 1. The van der Waals surface area contributed by atoms with Crippen LogP contribution in [0.15, 0.2) is 18.7 Å². The van der Waals surface area contributed by atoms with Crippen LogP contribution in [-0.2, 0) is 6.54 Å². The highest BCUT2D eigenvalue weighted by atomic mass is 16.2. The van der Waals surface area contributed by atoms with Gasteiger partial charge in [-0.2, -0.15) is 0 Å². The predicted octanol–water partition coefficient (Wildman–Crippen LogP) is 2.79. The number of carbonyl (C=O) groups excluding carboxylic acids is 1. The van der Waals surface area contributed by atoms with Crippen molar-refractivity contribution in [1.82, 2.24) is 20.2 Å². The zero-order valence-electron chi connectivity index (χ0n) is 12.9. The summed E-state index contributed by atoms with van der Waals surface area (Å²) in [6, 6.07) is 0.00693. The van der Waals surface area contributed by atoms with Gasteiger partial charge in [0, 0.05) is 31.5 Å². The van der Waals surface area contributed by atoms with E-state index in [2.05, 4.69) is 29.5 Å². The summed E-state index contributed by atoms with van der Waals surface area (Å²) in [6.07, 6.45) is 10.2. The van der Waals surface area contributed by atoms with Crippen LogP contribution in [0.1, 0.15) is 46.5 Å². The number of hydrogen-bond acceptors (Lipinski definition) is 2. The molecule has 1 aromatic heterocycles. The summed E-state index contributed by atoms with van der Waals surface area (Å²) in [5.41, 5.74) is 0. The Morgan fingerprint density at radius 2 is 2.20 bits per heavy atom. The van der Waals surface area contributed by atoms with Gasteiger partial charge in [0.05, 0.1) is 6.33 Å². The molecule has 114 valence electrons. The summed E-state index contributed by atoms with van der Waals surface area (Å²) < 4.78 is 1.96. The Labute approximate surface area is 122 Å². The lowest BCUT2D eigenvalue weighted by atomic mass is 9.99. The highest BCUT2D eigenvalue weighted by Gasteiger charge is 2.10. The molecule has 0 saturated carbocycles. The quantitative estimate of drug-likeness (QED) is 0.730. The molecule has 2 unspecified atom stereocenters. The van der Waals surface area contributed by atoms with E-state index in [1.54, 1.807) is 12.5 Å². The van der Waals surface area contributed by atoms with E-state index >= 15 is 0 Å². The van der Waals surface area contributed by atoms with E-state index in [1.165, 1.54) is 19.3 Å². The van der Waals surface area contributed by atoms with Crippen LogP contribution < -0.4 is 10.6 Å². The van der Waals surface area contributed by atoms with Crippen LogP contribution in [0.25, 0.3) is 0 Å². The van der Waals surface area contributed by atoms with Crippen LogP contribution in [0, 0.1) is 5.92 Å². The minimum atomic E-state index is -0.0763. The van der Waals surface area contributed by atoms with E-state index in [0.29, 0.717) is 5.92 Å². The van der Waals surface area contributed by atoms with Crippen molar-refractivity contribution >= 4 is 6.03 Å². The van der Waals surface area contributed by atoms with Gasteiger partial charge in [-0.3, -0.25) is 0 Å². The fraction of sp³-hybridized carbons (Fsp3) is 0.733. The first kappa shape index (κ1) is 16.5. The smallest absolute Gasteiger partial charge is 0.315 e. The predicted molar refractivity (Wildman–Crippen MR) is 81.5 cm³/mol. The Hall–Kier alpha value is -1.52. The summed E-state index contributed by atoms with van der Waals surface area (Å²) in [6.45, 7) is 7.88. The van der Waals surface area contributed by atoms with Gasteiger partial charge in [-0.15, -0.1) is 0 Å². The lowest BCUT2D eigenvalue weighted by molar-refractivity contribution is 0.233. The van der Waals surface area contributed by atoms with Crippen LogP contribution >= 0.6 is 0 Å². The van der Waals surface area contributed by atoms with Crippen molar-refractivity contribution in [3.05, 3.63) is 18.7 Å². The summed E-state index contributed by atoms with van der Waals surface area (Å²) in [5.74, 6) is 0.588. The molecule has 0 aliphatic heterocycles. The van der Waals surface area contributed by atoms with Gasteiger partial charge in [-0.05, 0) is 19.3 Å². The van der Waals surface area contributed by atoms with Crippen molar-refractivity contribution in [3.8, 4) is 0 Å².